The molecule has 0 saturated heterocycles. The van der Waals surface area contributed by atoms with Crippen molar-refractivity contribution < 1.29 is 0 Å². The Labute approximate surface area is 202 Å². The maximum atomic E-state index is 2.30. The molecular weight excluding hydrogens is 439 g/mol. The first-order valence-corrected chi connectivity index (χ1v) is 18.6. The lowest BCUT2D eigenvalue weighted by Gasteiger charge is -2.15. The zero-order valence-corrected chi connectivity index (χ0v) is 23.1. The number of hydrogen-bond acceptors (Lipinski definition) is 3. The summed E-state index contributed by atoms with van der Waals surface area (Å²) >= 11 is 6.65. The predicted octanol–water partition coefficient (Wildman–Crippen LogP) is 11.8. The minimum absolute atomic E-state index is 0.0520. The van der Waals surface area contributed by atoms with Crippen molar-refractivity contribution in [3.63, 3.8) is 0 Å². The molecule has 0 aliphatic heterocycles. The van der Waals surface area contributed by atoms with Gasteiger partial charge in [0.05, 0.1) is 5.53 Å². The molecule has 1 aromatic rings. The second-order valence-electron chi connectivity index (χ2n) is 8.24. The summed E-state index contributed by atoms with van der Waals surface area (Å²) in [4.78, 5) is 1.45. The highest BCUT2D eigenvalue weighted by Gasteiger charge is 2.12. The first-order chi connectivity index (χ1) is 14.9. The van der Waals surface area contributed by atoms with Gasteiger partial charge in [-0.25, -0.2) is 0 Å². The Kier molecular flexibility index (Phi) is 21.9. The van der Waals surface area contributed by atoms with Crippen LogP contribution in [0.4, 0.5) is 0 Å². The number of rotatable bonds is 22. The highest BCUT2D eigenvalue weighted by Crippen LogP contribution is 2.72. The maximum Gasteiger partial charge on any atom is 0.0778 e. The van der Waals surface area contributed by atoms with E-state index in [2.05, 4.69) is 78.3 Å². The fourth-order valence-corrected chi connectivity index (χ4v) is 13.9. The highest BCUT2D eigenvalue weighted by molar-refractivity contribution is 9.12. The van der Waals surface area contributed by atoms with Crippen LogP contribution >= 0.6 is 39.7 Å². The summed E-state index contributed by atoms with van der Waals surface area (Å²) in [6, 6.07) is 11.1. The van der Waals surface area contributed by atoms with Crippen molar-refractivity contribution in [2.75, 3.05) is 11.5 Å². The smallest absolute Gasteiger partial charge is 0.0778 e. The van der Waals surface area contributed by atoms with Crippen molar-refractivity contribution in [1.29, 1.82) is 0 Å². The molecule has 0 unspecified atom stereocenters. The summed E-state index contributed by atoms with van der Waals surface area (Å²) < 4.78 is 0. The van der Waals surface area contributed by atoms with Crippen molar-refractivity contribution in [1.82, 2.24) is 0 Å². The lowest BCUT2D eigenvalue weighted by atomic mass is 10.1. The maximum absolute atomic E-state index is 2.30. The van der Waals surface area contributed by atoms with Crippen LogP contribution in [0.2, 0.25) is 0 Å². The third-order valence-electron chi connectivity index (χ3n) is 5.31. The molecule has 0 amide bonds. The van der Waals surface area contributed by atoms with Crippen LogP contribution in [-0.4, -0.2) is 11.5 Å². The van der Waals surface area contributed by atoms with E-state index in [1.54, 1.807) is 0 Å². The lowest BCUT2D eigenvalue weighted by Crippen LogP contribution is -1.83. The van der Waals surface area contributed by atoms with Crippen molar-refractivity contribution in [3.05, 3.63) is 30.3 Å². The first-order valence-electron chi connectivity index (χ1n) is 12.7. The van der Waals surface area contributed by atoms with Crippen LogP contribution in [0.15, 0.2) is 35.2 Å². The van der Waals surface area contributed by atoms with Crippen LogP contribution in [0.25, 0.3) is 0 Å². The molecule has 0 fully saturated rings. The summed E-state index contributed by atoms with van der Waals surface area (Å²) in [7, 11) is 0. The van der Waals surface area contributed by atoms with Gasteiger partial charge in [0.25, 0.3) is 0 Å². The second-order valence-corrected chi connectivity index (χ2v) is 18.1. The van der Waals surface area contributed by atoms with Gasteiger partial charge in [-0.1, -0.05) is 133 Å². The van der Waals surface area contributed by atoms with Crippen LogP contribution in [0, 0.1) is 0 Å². The zero-order valence-electron chi connectivity index (χ0n) is 19.8. The van der Waals surface area contributed by atoms with Crippen molar-refractivity contribution >= 4 is 39.7 Å². The number of benzene rings is 1. The topological polar surface area (TPSA) is 0 Å². The van der Waals surface area contributed by atoms with E-state index in [0.29, 0.717) is 0 Å². The predicted molar refractivity (Wildman–Crippen MR) is 149 cm³/mol. The van der Waals surface area contributed by atoms with E-state index in [4.69, 9.17) is 0 Å². The molecular formula is C26H47PS3. The summed E-state index contributed by atoms with van der Waals surface area (Å²) in [5.41, 5.74) is -0.0520. The molecule has 0 atom stereocenters. The summed E-state index contributed by atoms with van der Waals surface area (Å²) in [5, 5.41) is 0. The molecule has 0 heterocycles. The Morgan fingerprint density at radius 2 is 0.933 bits per heavy atom. The molecule has 1 rings (SSSR count). The van der Waals surface area contributed by atoms with E-state index < -0.39 is 0 Å². The van der Waals surface area contributed by atoms with E-state index in [9.17, 15) is 0 Å². The third kappa shape index (κ3) is 18.3. The molecule has 0 bridgehead atoms. The van der Waals surface area contributed by atoms with Gasteiger partial charge in [-0.2, -0.15) is 0 Å². The van der Waals surface area contributed by atoms with Gasteiger partial charge in [0.1, 0.15) is 0 Å². The summed E-state index contributed by atoms with van der Waals surface area (Å²) in [6.07, 6.45) is 22.8. The van der Waals surface area contributed by atoms with Crippen molar-refractivity contribution in [2.24, 2.45) is 0 Å². The van der Waals surface area contributed by atoms with E-state index in [0.717, 1.165) is 0 Å². The molecule has 0 N–H and O–H groups in total. The second kappa shape index (κ2) is 22.9. The fourth-order valence-electron chi connectivity index (χ4n) is 3.41. The van der Waals surface area contributed by atoms with Crippen molar-refractivity contribution in [3.8, 4) is 0 Å². The fraction of sp³-hybridized carbons (Fsp3) is 0.769. The third-order valence-corrected chi connectivity index (χ3v) is 15.9. The van der Waals surface area contributed by atoms with Crippen LogP contribution in [0.5, 0.6) is 0 Å². The monoisotopic (exact) mass is 486 g/mol. The Bertz CT molecular complexity index is 433. The molecule has 0 radical (unpaired) electrons. The Morgan fingerprint density at radius 1 is 0.533 bits per heavy atom. The van der Waals surface area contributed by atoms with Gasteiger partial charge < -0.3 is 0 Å². The average molecular weight is 487 g/mol. The Balaban J connectivity index is 2.14. The van der Waals surface area contributed by atoms with Crippen LogP contribution in [0.1, 0.15) is 117 Å². The Morgan fingerprint density at radius 3 is 1.37 bits per heavy atom. The molecule has 0 aliphatic rings. The van der Waals surface area contributed by atoms with Gasteiger partial charge in [0.2, 0.25) is 0 Å². The Hall–Kier alpha value is 0.700. The van der Waals surface area contributed by atoms with Crippen LogP contribution in [-0.2, 0) is 0 Å². The van der Waals surface area contributed by atoms with Gasteiger partial charge in [-0.3, -0.25) is 0 Å². The lowest BCUT2D eigenvalue weighted by molar-refractivity contribution is 0.586. The summed E-state index contributed by atoms with van der Waals surface area (Å²) in [5.74, 6) is 2.70. The standard InChI is InChI=1S/C26H47PS3/c1-3-5-7-9-11-13-15-20-24-28-27(30-26-22-18-17-19-23-26)29-25-21-16-14-12-10-8-6-4-2/h17-19,22-23H,3-16,20-21,24-25H2,1-2H3. The molecule has 0 aromatic heterocycles. The summed E-state index contributed by atoms with van der Waals surface area (Å²) in [6.45, 7) is 4.60. The largest absolute Gasteiger partial charge is 0.112 e. The van der Waals surface area contributed by atoms with Gasteiger partial charge >= 0.3 is 0 Å². The van der Waals surface area contributed by atoms with Gasteiger partial charge in [-0.15, -0.1) is 22.8 Å². The SMILES string of the molecule is CCCCCCCCCCSP(SCCCCCCCCCC)Sc1ccccc1. The molecule has 174 valence electrons. The quantitative estimate of drug-likeness (QED) is 0.118. The average Bonchev–Trinajstić information content (AvgIpc) is 2.77. The van der Waals surface area contributed by atoms with Crippen LogP contribution in [0.3, 0.4) is 0 Å². The van der Waals surface area contributed by atoms with E-state index in [1.807, 2.05) is 0 Å². The molecule has 30 heavy (non-hydrogen) atoms. The number of hydrogen-bond donors (Lipinski definition) is 0. The molecule has 4 heteroatoms. The molecule has 0 aliphatic carbocycles. The molecule has 0 saturated carbocycles. The van der Waals surface area contributed by atoms with Gasteiger partial charge in [0.15, 0.2) is 0 Å². The van der Waals surface area contributed by atoms with E-state index in [1.165, 1.54) is 119 Å². The number of unbranched alkanes of at least 4 members (excludes halogenated alkanes) is 14. The molecule has 0 nitrogen and oxygen atoms in total. The van der Waals surface area contributed by atoms with E-state index >= 15 is 0 Å². The highest BCUT2D eigenvalue weighted by atomic mass is 33.4. The minimum Gasteiger partial charge on any atom is -0.112 e. The zero-order chi connectivity index (χ0) is 21.5. The van der Waals surface area contributed by atoms with Gasteiger partial charge in [-0.05, 0) is 36.5 Å². The van der Waals surface area contributed by atoms with E-state index in [-0.39, 0.29) is 5.53 Å². The molecule has 1 aromatic carbocycles. The van der Waals surface area contributed by atoms with Gasteiger partial charge in [0, 0.05) is 4.90 Å². The normalized spacial score (nSPS) is 11.4. The first kappa shape index (κ1) is 28.7. The van der Waals surface area contributed by atoms with Crippen LogP contribution < -0.4 is 0 Å². The minimum atomic E-state index is -0.0520. The van der Waals surface area contributed by atoms with Crippen molar-refractivity contribution in [2.45, 2.75) is 121 Å². The molecule has 0 spiro atoms.